The first-order valence-corrected chi connectivity index (χ1v) is 6.71. The molecule has 0 aromatic carbocycles. The van der Waals surface area contributed by atoms with Crippen molar-refractivity contribution in [1.29, 1.82) is 0 Å². The highest BCUT2D eigenvalue weighted by atomic mass is 127. The quantitative estimate of drug-likeness (QED) is 0.608. The number of likely N-dealkylation sites (tertiary alicyclic amines) is 1. The molecule has 1 fully saturated rings. The number of hydrogen-bond donors (Lipinski definition) is 1. The van der Waals surface area contributed by atoms with E-state index in [2.05, 4.69) is 0 Å². The number of ether oxygens (including phenoxy) is 1. The van der Waals surface area contributed by atoms with E-state index in [0.717, 1.165) is 0 Å². The summed E-state index contributed by atoms with van der Waals surface area (Å²) in [5, 5.41) is 0. The van der Waals surface area contributed by atoms with Crippen molar-refractivity contribution in [2.45, 2.75) is 49.8 Å². The first-order chi connectivity index (χ1) is 7.63. The molecule has 1 rings (SSSR count). The van der Waals surface area contributed by atoms with Crippen LogP contribution in [0.1, 0.15) is 34.1 Å². The highest BCUT2D eigenvalue weighted by Gasteiger charge is 2.43. The number of nitrogens with two attached hydrogens (primary N) is 1. The molecule has 0 unspecified atom stereocenters. The Bertz CT molecular complexity index is 327. The summed E-state index contributed by atoms with van der Waals surface area (Å²) in [6.45, 7) is 7.49. The van der Waals surface area contributed by atoms with Crippen LogP contribution in [0.2, 0.25) is 0 Å². The van der Waals surface area contributed by atoms with Crippen LogP contribution in [0.5, 0.6) is 0 Å². The van der Waals surface area contributed by atoms with Gasteiger partial charge in [0.05, 0.1) is 0 Å². The van der Waals surface area contributed by atoms with Crippen molar-refractivity contribution in [3.05, 3.63) is 0 Å². The number of alkyl halides is 1. The van der Waals surface area contributed by atoms with Crippen LogP contribution < -0.4 is 5.73 Å². The van der Waals surface area contributed by atoms with Crippen LogP contribution in [0.3, 0.4) is 0 Å². The second-order valence-electron chi connectivity index (χ2n) is 5.01. The van der Waals surface area contributed by atoms with E-state index in [1.54, 1.807) is 13.8 Å². The Labute approximate surface area is 115 Å². The van der Waals surface area contributed by atoms with Gasteiger partial charge in [-0.3, -0.25) is 9.69 Å². The van der Waals surface area contributed by atoms with E-state index in [-0.39, 0.29) is 12.0 Å². The van der Waals surface area contributed by atoms with Gasteiger partial charge >= 0.3 is 6.09 Å². The Hall–Kier alpha value is -0.530. The standard InChI is InChI=1S/C11H19IN2O3/c1-6-5-8(9(13)15)14(7(6)2)10(16)17-11(3,4)12/h6-8H,5H2,1-4H3,(H2,13,15)/t6-,7-,8-/m0/s1. The fourth-order valence-electron chi connectivity index (χ4n) is 2.03. The molecule has 0 aliphatic carbocycles. The number of nitrogens with zero attached hydrogens (tertiary/aromatic N) is 1. The third-order valence-electron chi connectivity index (χ3n) is 3.06. The topological polar surface area (TPSA) is 72.6 Å². The summed E-state index contributed by atoms with van der Waals surface area (Å²) in [5.74, 6) is -0.221. The minimum absolute atomic E-state index is 0.0289. The zero-order chi connectivity index (χ0) is 13.4. The fraction of sp³-hybridized carbons (Fsp3) is 0.818. The zero-order valence-corrected chi connectivity index (χ0v) is 12.7. The largest absolute Gasteiger partial charge is 0.433 e. The molecule has 1 heterocycles. The molecule has 3 atom stereocenters. The molecule has 0 bridgehead atoms. The molecular formula is C11H19IN2O3. The van der Waals surface area contributed by atoms with Crippen LogP contribution in [0.4, 0.5) is 4.79 Å². The maximum atomic E-state index is 12.0. The van der Waals surface area contributed by atoms with Gasteiger partial charge in [0.1, 0.15) is 6.04 Å². The van der Waals surface area contributed by atoms with E-state index >= 15 is 0 Å². The van der Waals surface area contributed by atoms with Crippen molar-refractivity contribution in [3.63, 3.8) is 0 Å². The van der Waals surface area contributed by atoms with E-state index in [9.17, 15) is 9.59 Å². The summed E-state index contributed by atoms with van der Waals surface area (Å²) in [6.07, 6.45) is 0.137. The van der Waals surface area contributed by atoms with Crippen LogP contribution in [-0.4, -0.2) is 32.6 Å². The van der Waals surface area contributed by atoms with Gasteiger partial charge in [0.25, 0.3) is 0 Å². The molecule has 2 N–H and O–H groups in total. The van der Waals surface area contributed by atoms with E-state index in [1.165, 1.54) is 4.90 Å². The monoisotopic (exact) mass is 354 g/mol. The van der Waals surface area contributed by atoms with Crippen LogP contribution in [0.25, 0.3) is 0 Å². The number of carbonyl (C=O) groups excluding carboxylic acids is 2. The molecule has 0 aromatic heterocycles. The van der Waals surface area contributed by atoms with Crippen LogP contribution in [0, 0.1) is 5.92 Å². The average molecular weight is 354 g/mol. The number of primary amides is 1. The average Bonchev–Trinajstić information content (AvgIpc) is 2.40. The minimum Gasteiger partial charge on any atom is -0.433 e. The molecule has 0 aromatic rings. The van der Waals surface area contributed by atoms with E-state index in [4.69, 9.17) is 10.5 Å². The summed E-state index contributed by atoms with van der Waals surface area (Å²) in [6, 6.07) is -0.579. The Kier molecular flexibility index (Phi) is 4.27. The van der Waals surface area contributed by atoms with Gasteiger partial charge in [0, 0.05) is 6.04 Å². The lowest BCUT2D eigenvalue weighted by molar-refractivity contribution is -0.122. The molecule has 5 nitrogen and oxygen atoms in total. The lowest BCUT2D eigenvalue weighted by Crippen LogP contribution is -2.48. The SMILES string of the molecule is C[C@H]1C[C@@H](C(N)=O)N(C(=O)OC(C)(C)I)[C@H]1C. The van der Waals surface area contributed by atoms with Crippen LogP contribution in [0.15, 0.2) is 0 Å². The smallest absolute Gasteiger partial charge is 0.412 e. The highest BCUT2D eigenvalue weighted by Crippen LogP contribution is 2.31. The lowest BCUT2D eigenvalue weighted by atomic mass is 10.0. The molecule has 98 valence electrons. The zero-order valence-electron chi connectivity index (χ0n) is 10.6. The Morgan fingerprint density at radius 2 is 1.94 bits per heavy atom. The number of halogens is 1. The molecule has 1 aliphatic heterocycles. The van der Waals surface area contributed by atoms with E-state index < -0.39 is 21.7 Å². The van der Waals surface area contributed by atoms with Crippen molar-refractivity contribution in [2.24, 2.45) is 11.7 Å². The van der Waals surface area contributed by atoms with Gasteiger partial charge in [0.2, 0.25) is 5.91 Å². The normalized spacial score (nSPS) is 29.2. The third kappa shape index (κ3) is 3.46. The van der Waals surface area contributed by atoms with Crippen molar-refractivity contribution >= 4 is 34.6 Å². The van der Waals surface area contributed by atoms with Gasteiger partial charge in [-0.05, 0) is 55.7 Å². The minimum atomic E-state index is -0.595. The third-order valence-corrected chi connectivity index (χ3v) is 3.28. The molecule has 17 heavy (non-hydrogen) atoms. The van der Waals surface area contributed by atoms with Gasteiger partial charge in [-0.25, -0.2) is 4.79 Å². The first kappa shape index (κ1) is 14.5. The molecule has 6 heteroatoms. The number of hydrogen-bond acceptors (Lipinski definition) is 3. The van der Waals surface area contributed by atoms with Crippen molar-refractivity contribution in [2.75, 3.05) is 0 Å². The molecular weight excluding hydrogens is 335 g/mol. The highest BCUT2D eigenvalue weighted by molar-refractivity contribution is 14.1. The summed E-state index contributed by atoms with van der Waals surface area (Å²) < 4.78 is 4.69. The molecule has 0 saturated carbocycles. The van der Waals surface area contributed by atoms with Crippen molar-refractivity contribution in [1.82, 2.24) is 4.90 Å². The first-order valence-electron chi connectivity index (χ1n) is 5.63. The summed E-state index contributed by atoms with van der Waals surface area (Å²) >= 11 is 2.03. The Balaban J connectivity index is 2.85. The predicted octanol–water partition coefficient (Wildman–Crippen LogP) is 1.88. The predicted molar refractivity (Wildman–Crippen MR) is 72.6 cm³/mol. The van der Waals surface area contributed by atoms with Crippen molar-refractivity contribution in [3.8, 4) is 0 Å². The molecule has 1 aliphatic rings. The van der Waals surface area contributed by atoms with Gasteiger partial charge in [0.15, 0.2) is 3.61 Å². The maximum Gasteiger partial charge on any atom is 0.412 e. The van der Waals surface area contributed by atoms with Gasteiger partial charge < -0.3 is 10.5 Å². The Morgan fingerprint density at radius 3 is 2.35 bits per heavy atom. The number of carbonyl (C=O) groups is 2. The van der Waals surface area contributed by atoms with E-state index in [0.29, 0.717) is 6.42 Å². The fourth-order valence-corrected chi connectivity index (χ4v) is 2.22. The molecule has 2 amide bonds. The second-order valence-corrected chi connectivity index (χ2v) is 7.61. The maximum absolute atomic E-state index is 12.0. The summed E-state index contributed by atoms with van der Waals surface area (Å²) in [7, 11) is 0. The number of rotatable bonds is 2. The lowest BCUT2D eigenvalue weighted by Gasteiger charge is -2.29. The summed E-state index contributed by atoms with van der Waals surface area (Å²) in [4.78, 5) is 24.8. The van der Waals surface area contributed by atoms with Crippen molar-refractivity contribution < 1.29 is 14.3 Å². The summed E-state index contributed by atoms with van der Waals surface area (Å²) in [5.41, 5.74) is 5.32. The van der Waals surface area contributed by atoms with Gasteiger partial charge in [-0.15, -0.1) is 0 Å². The number of amides is 2. The Morgan fingerprint density at radius 1 is 1.41 bits per heavy atom. The molecule has 0 spiro atoms. The van der Waals surface area contributed by atoms with Crippen LogP contribution >= 0.6 is 22.6 Å². The van der Waals surface area contributed by atoms with Gasteiger partial charge in [-0.2, -0.15) is 0 Å². The molecule has 0 radical (unpaired) electrons. The van der Waals surface area contributed by atoms with Gasteiger partial charge in [-0.1, -0.05) is 6.92 Å². The van der Waals surface area contributed by atoms with E-state index in [1.807, 2.05) is 36.4 Å². The van der Waals surface area contributed by atoms with Crippen LogP contribution in [-0.2, 0) is 9.53 Å². The molecule has 1 saturated heterocycles. The second kappa shape index (κ2) is 4.99.